The third kappa shape index (κ3) is 3.05. The highest BCUT2D eigenvalue weighted by atomic mass is 32.2. The molecule has 0 spiro atoms. The van der Waals surface area contributed by atoms with E-state index in [4.69, 9.17) is 0 Å². The van der Waals surface area contributed by atoms with Crippen LogP contribution in [0, 0.1) is 0 Å². The summed E-state index contributed by atoms with van der Waals surface area (Å²) in [7, 11) is 2.24. The molecule has 1 heterocycles. The molecule has 0 radical (unpaired) electrons. The van der Waals surface area contributed by atoms with Gasteiger partial charge in [0.2, 0.25) is 0 Å². The maximum atomic E-state index is 12.0. The number of halogens is 1. The first-order chi connectivity index (χ1) is 8.22. The predicted octanol–water partition coefficient (Wildman–Crippen LogP) is 3.85. The first-order valence-corrected chi connectivity index (χ1v) is 8.22. The number of nitrogens with zero attached hydrogens (tertiary/aromatic N) is 1. The molecule has 0 bridgehead atoms. The molecule has 4 heteroatoms. The lowest BCUT2D eigenvalue weighted by atomic mass is 10.0. The normalized spacial score (nSPS) is 19.2. The number of benzene rings is 1. The maximum Gasteiger partial charge on any atom is 0.0493 e. The van der Waals surface area contributed by atoms with E-state index in [0.717, 1.165) is 25.0 Å². The minimum absolute atomic E-state index is 0.121. The van der Waals surface area contributed by atoms with Gasteiger partial charge in [0.25, 0.3) is 0 Å². The molecule has 0 aromatic heterocycles. The van der Waals surface area contributed by atoms with Gasteiger partial charge in [0.1, 0.15) is 0 Å². The molecule has 0 amide bonds. The summed E-state index contributed by atoms with van der Waals surface area (Å²) >= 11 is 0.435. The highest BCUT2D eigenvalue weighted by Gasteiger charge is 2.15. The Labute approximate surface area is 110 Å². The van der Waals surface area contributed by atoms with E-state index in [0.29, 0.717) is 17.9 Å². The van der Waals surface area contributed by atoms with E-state index >= 15 is 0 Å². The Morgan fingerprint density at radius 1 is 1.53 bits per heavy atom. The summed E-state index contributed by atoms with van der Waals surface area (Å²) in [4.78, 5) is 0. The Morgan fingerprint density at radius 3 is 3.12 bits per heavy atom. The van der Waals surface area contributed by atoms with Crippen LogP contribution in [0.3, 0.4) is 0 Å². The second-order valence-electron chi connectivity index (χ2n) is 4.29. The molecule has 1 aliphatic heterocycles. The zero-order valence-corrected chi connectivity index (χ0v) is 11.7. The number of anilines is 1. The van der Waals surface area contributed by atoms with Gasteiger partial charge in [-0.3, -0.25) is 0 Å². The van der Waals surface area contributed by atoms with E-state index in [9.17, 15) is 3.89 Å². The number of rotatable bonds is 4. The van der Waals surface area contributed by atoms with Gasteiger partial charge in [-0.25, -0.2) is 0 Å². The number of hydrogen-bond acceptors (Lipinski definition) is 2. The Hall–Kier alpha value is -0.480. The van der Waals surface area contributed by atoms with Crippen LogP contribution in [-0.4, -0.2) is 24.4 Å². The average Bonchev–Trinajstić information content (AvgIpc) is 2.34. The minimum Gasteiger partial charge on any atom is -0.325 e. The van der Waals surface area contributed by atoms with E-state index in [1.807, 2.05) is 0 Å². The van der Waals surface area contributed by atoms with Crippen molar-refractivity contribution < 1.29 is 3.89 Å². The Morgan fingerprint density at radius 2 is 2.35 bits per heavy atom. The van der Waals surface area contributed by atoms with E-state index in [1.54, 1.807) is 0 Å². The van der Waals surface area contributed by atoms with Crippen molar-refractivity contribution in [2.75, 3.05) is 22.9 Å². The monoisotopic (exact) mass is 271 g/mol. The van der Waals surface area contributed by atoms with E-state index in [-0.39, 0.29) is 10.7 Å². The molecule has 1 nitrogen and oxygen atoms in total. The van der Waals surface area contributed by atoms with Crippen LogP contribution in [0.5, 0.6) is 0 Å². The lowest BCUT2D eigenvalue weighted by molar-refractivity contribution is 0.885. The molecule has 1 unspecified atom stereocenters. The molecule has 0 saturated heterocycles. The average molecular weight is 271 g/mol. The van der Waals surface area contributed by atoms with Crippen molar-refractivity contribution in [1.82, 2.24) is 0 Å². The van der Waals surface area contributed by atoms with Crippen molar-refractivity contribution >= 4 is 34.4 Å². The molecule has 0 fully saturated rings. The summed E-state index contributed by atoms with van der Waals surface area (Å²) in [5.74, 6) is 5.91. The van der Waals surface area contributed by atoms with Crippen molar-refractivity contribution in [3.05, 3.63) is 29.3 Å². The van der Waals surface area contributed by atoms with Crippen molar-refractivity contribution in [3.8, 4) is 0 Å². The van der Waals surface area contributed by atoms with E-state index in [1.165, 1.54) is 16.8 Å². The number of aryl methyl sites for hydroxylation is 2. The van der Waals surface area contributed by atoms with Gasteiger partial charge in [-0.2, -0.15) is 3.89 Å². The Balaban J connectivity index is 2.12. The smallest absolute Gasteiger partial charge is 0.0493 e. The molecule has 1 aromatic rings. The quantitative estimate of drug-likeness (QED) is 0.604. The second kappa shape index (κ2) is 5.91. The summed E-state index contributed by atoms with van der Waals surface area (Å²) in [6, 6.07) is 6.64. The lowest BCUT2D eigenvalue weighted by Gasteiger charge is -2.30. The summed E-state index contributed by atoms with van der Waals surface area (Å²) < 4.78 is 14.2. The van der Waals surface area contributed by atoms with Crippen LogP contribution in [0.2, 0.25) is 0 Å². The molecular formula is C13H18FNS2. The van der Waals surface area contributed by atoms with Gasteiger partial charge >= 0.3 is 0 Å². The van der Waals surface area contributed by atoms with Crippen molar-refractivity contribution in [1.29, 1.82) is 0 Å². The fourth-order valence-corrected chi connectivity index (χ4v) is 3.58. The van der Waals surface area contributed by atoms with Gasteiger partial charge in [-0.15, -0.1) is 10.7 Å². The molecular weight excluding hydrogens is 253 g/mol. The minimum atomic E-state index is 0.121. The molecule has 1 atom stereocenters. The highest BCUT2D eigenvalue weighted by Crippen LogP contribution is 2.35. The molecule has 0 N–H and O–H groups in total. The van der Waals surface area contributed by atoms with Crippen molar-refractivity contribution in [3.63, 3.8) is 0 Å². The largest absolute Gasteiger partial charge is 0.325 e. The number of hydrogen-bond donors (Lipinski definition) is 0. The molecule has 94 valence electrons. The molecule has 2 rings (SSSR count). The third-order valence-electron chi connectivity index (χ3n) is 3.16. The van der Waals surface area contributed by atoms with Crippen LogP contribution in [0.4, 0.5) is 9.57 Å². The van der Waals surface area contributed by atoms with Crippen LogP contribution in [0.15, 0.2) is 18.2 Å². The molecule has 17 heavy (non-hydrogen) atoms. The zero-order valence-electron chi connectivity index (χ0n) is 10.1. The van der Waals surface area contributed by atoms with Gasteiger partial charge < -0.3 is 4.31 Å². The van der Waals surface area contributed by atoms with Crippen LogP contribution in [-0.2, 0) is 12.8 Å². The van der Waals surface area contributed by atoms with E-state index < -0.39 is 0 Å². The van der Waals surface area contributed by atoms with Gasteiger partial charge in [0.05, 0.1) is 0 Å². The number of fused-ring (bicyclic) bond motifs is 1. The van der Waals surface area contributed by atoms with Crippen LogP contribution >= 0.6 is 22.8 Å². The maximum absolute atomic E-state index is 12.0. The molecule has 0 aliphatic carbocycles. The topological polar surface area (TPSA) is 3.24 Å². The van der Waals surface area contributed by atoms with Gasteiger partial charge in [0.15, 0.2) is 0 Å². The fraction of sp³-hybridized carbons (Fsp3) is 0.462. The highest BCUT2D eigenvalue weighted by molar-refractivity contribution is 8.15. The lowest BCUT2D eigenvalue weighted by Crippen LogP contribution is -2.19. The van der Waals surface area contributed by atoms with E-state index in [2.05, 4.69) is 35.4 Å². The second-order valence-corrected chi connectivity index (χ2v) is 6.80. The summed E-state index contributed by atoms with van der Waals surface area (Å²) in [5, 5.41) is 0. The SMILES string of the molecule is C=S1CCc2cc(CCCSF)ccc2N1C. The van der Waals surface area contributed by atoms with Crippen molar-refractivity contribution in [2.24, 2.45) is 0 Å². The van der Waals surface area contributed by atoms with Gasteiger partial charge in [-0.05, 0) is 36.5 Å². The fourth-order valence-electron chi connectivity index (χ4n) is 2.14. The third-order valence-corrected chi connectivity index (χ3v) is 5.25. The van der Waals surface area contributed by atoms with Crippen LogP contribution in [0.25, 0.3) is 0 Å². The first-order valence-electron chi connectivity index (χ1n) is 5.82. The first kappa shape index (κ1) is 13.0. The molecule has 1 aliphatic rings. The Bertz CT molecular complexity index is 420. The van der Waals surface area contributed by atoms with Gasteiger partial charge in [-0.1, -0.05) is 18.0 Å². The molecule has 0 saturated carbocycles. The standard InChI is InChI=1S/C13H18FNS2/c1-15-13-6-5-11(4-3-8-16-14)10-12(13)7-9-17(15)2/h5-6,10H,2-4,7-9H2,1H3. The summed E-state index contributed by atoms with van der Waals surface area (Å²) in [6.45, 7) is 0. The Kier molecular flexibility index (Phi) is 4.51. The predicted molar refractivity (Wildman–Crippen MR) is 80.0 cm³/mol. The summed E-state index contributed by atoms with van der Waals surface area (Å²) in [6.07, 6.45) is 3.01. The zero-order chi connectivity index (χ0) is 12.3. The van der Waals surface area contributed by atoms with Crippen LogP contribution < -0.4 is 4.31 Å². The molecule has 1 aromatic carbocycles. The summed E-state index contributed by atoms with van der Waals surface area (Å²) in [5.41, 5.74) is 4.07. The van der Waals surface area contributed by atoms with Crippen molar-refractivity contribution in [2.45, 2.75) is 19.3 Å². The van der Waals surface area contributed by atoms with Gasteiger partial charge in [0, 0.05) is 36.4 Å². The van der Waals surface area contributed by atoms with Crippen LogP contribution in [0.1, 0.15) is 17.5 Å².